The smallest absolute Gasteiger partial charge is 0.260 e. The van der Waals surface area contributed by atoms with Crippen molar-refractivity contribution in [2.75, 3.05) is 39.6 Å². The molecule has 4 aliphatic rings. The predicted octanol–water partition coefficient (Wildman–Crippen LogP) is 0.898. The van der Waals surface area contributed by atoms with Crippen LogP contribution in [0.2, 0.25) is 0 Å². The first-order chi connectivity index (χ1) is 15.0. The summed E-state index contributed by atoms with van der Waals surface area (Å²) < 4.78 is 12.1. The molecule has 0 aromatic heterocycles. The number of rotatable bonds is 6. The van der Waals surface area contributed by atoms with Crippen molar-refractivity contribution in [2.45, 2.75) is 48.8 Å². The summed E-state index contributed by atoms with van der Waals surface area (Å²) in [7, 11) is 3.72. The summed E-state index contributed by atoms with van der Waals surface area (Å²) >= 11 is 4.08. The van der Waals surface area contributed by atoms with Gasteiger partial charge in [0.1, 0.15) is 0 Å². The molecule has 31 heavy (non-hydrogen) atoms. The van der Waals surface area contributed by atoms with Crippen LogP contribution in [-0.2, 0) is 21.5 Å². The van der Waals surface area contributed by atoms with Gasteiger partial charge in [0.05, 0.1) is 23.8 Å². The zero-order chi connectivity index (χ0) is 21.8. The van der Waals surface area contributed by atoms with E-state index in [0.717, 1.165) is 30.7 Å². The van der Waals surface area contributed by atoms with E-state index in [9.17, 15) is 9.90 Å². The van der Waals surface area contributed by atoms with E-state index >= 15 is 0 Å². The van der Waals surface area contributed by atoms with Crippen LogP contribution in [0.25, 0.3) is 0 Å². The summed E-state index contributed by atoms with van der Waals surface area (Å²) in [6, 6.07) is 4.07. The van der Waals surface area contributed by atoms with E-state index in [1.807, 2.05) is 6.07 Å². The monoisotopic (exact) mass is 447 g/mol. The molecule has 9 heteroatoms. The fraction of sp³-hybridized carbons (Fsp3) is 0.636. The van der Waals surface area contributed by atoms with Crippen LogP contribution in [-0.4, -0.2) is 79.0 Å². The number of nitrogens with zero attached hydrogens (tertiary/aromatic N) is 2. The molecule has 2 fully saturated rings. The van der Waals surface area contributed by atoms with Crippen LogP contribution in [0.15, 0.2) is 17.3 Å². The second kappa shape index (κ2) is 7.56. The van der Waals surface area contributed by atoms with Crippen LogP contribution < -0.4 is 14.8 Å². The van der Waals surface area contributed by atoms with Crippen LogP contribution in [0.1, 0.15) is 30.4 Å². The molecule has 1 aromatic rings. The Balaban J connectivity index is 1.53. The topological polar surface area (TPSA) is 92.6 Å². The number of nitrogens with one attached hydrogen (secondary N) is 1. The number of likely N-dealkylation sites (tertiary alicyclic amines) is 1. The van der Waals surface area contributed by atoms with Crippen molar-refractivity contribution in [3.05, 3.63) is 23.3 Å². The average molecular weight is 448 g/mol. The van der Waals surface area contributed by atoms with Gasteiger partial charge < -0.3 is 29.6 Å². The summed E-state index contributed by atoms with van der Waals surface area (Å²) in [6.45, 7) is 1.19. The third kappa shape index (κ3) is 2.82. The van der Waals surface area contributed by atoms with Crippen molar-refractivity contribution in [1.82, 2.24) is 10.2 Å². The lowest BCUT2D eigenvalue weighted by Crippen LogP contribution is -2.76. The molecule has 1 amide bonds. The van der Waals surface area contributed by atoms with E-state index in [1.54, 1.807) is 7.11 Å². The quantitative estimate of drug-likeness (QED) is 0.443. The number of thiol groups is 1. The first-order valence-corrected chi connectivity index (χ1v) is 11.5. The van der Waals surface area contributed by atoms with Gasteiger partial charge in [-0.05, 0) is 50.9 Å². The van der Waals surface area contributed by atoms with Gasteiger partial charge in [-0.2, -0.15) is 12.6 Å². The maximum Gasteiger partial charge on any atom is 0.260 e. The normalized spacial score (nSPS) is 34.1. The molecule has 1 saturated heterocycles. The van der Waals surface area contributed by atoms with Gasteiger partial charge >= 0.3 is 0 Å². The summed E-state index contributed by atoms with van der Waals surface area (Å²) in [6.07, 6.45) is 2.23. The number of carbonyl (C=O) groups is 1. The Morgan fingerprint density at radius 1 is 1.45 bits per heavy atom. The van der Waals surface area contributed by atoms with Gasteiger partial charge in [-0.15, -0.1) is 0 Å². The lowest BCUT2D eigenvalue weighted by molar-refractivity contribution is -0.161. The average Bonchev–Trinajstić information content (AvgIpc) is 3.12. The van der Waals surface area contributed by atoms with Crippen molar-refractivity contribution in [3.63, 3.8) is 0 Å². The molecule has 5 rings (SSSR count). The van der Waals surface area contributed by atoms with Crippen LogP contribution in [0.4, 0.5) is 0 Å². The molecule has 2 N–H and O–H groups in total. The number of benzene rings is 1. The third-order valence-corrected chi connectivity index (χ3v) is 7.79. The van der Waals surface area contributed by atoms with Crippen molar-refractivity contribution < 1.29 is 24.2 Å². The Bertz CT molecular complexity index is 940. The molecule has 1 aromatic carbocycles. The maximum atomic E-state index is 12.1. The lowest BCUT2D eigenvalue weighted by Gasteiger charge is -2.62. The molecule has 1 saturated carbocycles. The number of methoxy groups -OCH3 is 1. The van der Waals surface area contributed by atoms with Gasteiger partial charge in [-0.3, -0.25) is 4.79 Å². The standard InChI is InChI=1S/C22H29N3O5S/c1-25-9-7-21-18-13-3-4-15(28-2)19(18)30-20(21)14(5-6-22(21,27)16(25)11-13)24-29-12-17(26)23-8-10-31/h3-4,16,20,27,31H,5-12H2,1-2H3,(H,23,26)/b24-14+/t16-,20+,21+,22-/m1/s1. The van der Waals surface area contributed by atoms with E-state index in [1.165, 1.54) is 5.56 Å². The van der Waals surface area contributed by atoms with Gasteiger partial charge in [-0.1, -0.05) is 11.2 Å². The SMILES string of the molecule is COc1ccc2c3c1O[C@H]1/C(=N/OCC(=O)NCCS)CC[C@@]4(O)[C@@H](C2)N(C)CC[C@]314. The van der Waals surface area contributed by atoms with Crippen LogP contribution >= 0.6 is 12.6 Å². The summed E-state index contributed by atoms with van der Waals surface area (Å²) in [5, 5.41) is 19.2. The minimum atomic E-state index is -0.918. The predicted molar refractivity (Wildman–Crippen MR) is 118 cm³/mol. The number of hydrogen-bond acceptors (Lipinski definition) is 8. The summed E-state index contributed by atoms with van der Waals surface area (Å²) in [4.78, 5) is 19.6. The van der Waals surface area contributed by atoms with E-state index < -0.39 is 17.1 Å². The highest BCUT2D eigenvalue weighted by Gasteiger charge is 2.72. The first-order valence-electron chi connectivity index (χ1n) is 10.8. The van der Waals surface area contributed by atoms with Crippen LogP contribution in [0, 0.1) is 0 Å². The van der Waals surface area contributed by atoms with Gasteiger partial charge in [-0.25, -0.2) is 0 Å². The van der Waals surface area contributed by atoms with Gasteiger partial charge in [0.25, 0.3) is 5.91 Å². The molecule has 0 unspecified atom stereocenters. The molecule has 2 aliphatic heterocycles. The van der Waals surface area contributed by atoms with Crippen molar-refractivity contribution >= 4 is 24.2 Å². The van der Waals surface area contributed by atoms with Crippen molar-refractivity contribution in [3.8, 4) is 11.5 Å². The minimum absolute atomic E-state index is 0.0219. The maximum absolute atomic E-state index is 12.1. The summed E-state index contributed by atoms with van der Waals surface area (Å²) in [5.74, 6) is 1.72. The fourth-order valence-electron chi connectivity index (χ4n) is 6.22. The van der Waals surface area contributed by atoms with Crippen molar-refractivity contribution in [2.24, 2.45) is 5.16 Å². The number of hydrogen-bond donors (Lipinski definition) is 3. The largest absolute Gasteiger partial charge is 0.493 e. The third-order valence-electron chi connectivity index (χ3n) is 7.56. The lowest BCUT2D eigenvalue weighted by atomic mass is 9.49. The Morgan fingerprint density at radius 2 is 2.29 bits per heavy atom. The van der Waals surface area contributed by atoms with Crippen LogP contribution in [0.3, 0.4) is 0 Å². The molecule has 168 valence electrons. The highest BCUT2D eigenvalue weighted by atomic mass is 32.1. The number of piperidine rings is 1. The molecule has 2 heterocycles. The molecule has 1 spiro atoms. The second-order valence-corrected chi connectivity index (χ2v) is 9.35. The zero-order valence-electron chi connectivity index (χ0n) is 17.9. The number of likely N-dealkylation sites (N-methyl/N-ethyl adjacent to an activating group) is 1. The Labute approximate surface area is 187 Å². The molecular formula is C22H29N3O5S. The number of ether oxygens (including phenoxy) is 2. The minimum Gasteiger partial charge on any atom is -0.493 e. The highest BCUT2D eigenvalue weighted by molar-refractivity contribution is 7.80. The zero-order valence-corrected chi connectivity index (χ0v) is 18.8. The first kappa shape index (κ1) is 20.9. The van der Waals surface area contributed by atoms with E-state index in [2.05, 4.69) is 41.1 Å². The van der Waals surface area contributed by atoms with E-state index in [-0.39, 0.29) is 18.6 Å². The fourth-order valence-corrected chi connectivity index (χ4v) is 6.33. The molecule has 0 radical (unpaired) electrons. The number of oxime groups is 1. The Kier molecular flexibility index (Phi) is 5.10. The van der Waals surface area contributed by atoms with E-state index in [4.69, 9.17) is 14.3 Å². The number of aliphatic hydroxyl groups is 1. The van der Waals surface area contributed by atoms with Crippen LogP contribution in [0.5, 0.6) is 11.5 Å². The molecule has 4 atom stereocenters. The van der Waals surface area contributed by atoms with Gasteiger partial charge in [0.2, 0.25) is 0 Å². The second-order valence-electron chi connectivity index (χ2n) is 8.90. The Hall–Kier alpha value is -1.97. The molecular weight excluding hydrogens is 418 g/mol. The number of amides is 1. The van der Waals surface area contributed by atoms with Gasteiger partial charge in [0, 0.05) is 23.9 Å². The summed E-state index contributed by atoms with van der Waals surface area (Å²) in [5.41, 5.74) is 1.51. The number of carbonyl (C=O) groups excluding carboxylic acids is 1. The Morgan fingerprint density at radius 3 is 3.06 bits per heavy atom. The van der Waals surface area contributed by atoms with Crippen molar-refractivity contribution in [1.29, 1.82) is 0 Å². The molecule has 2 aliphatic carbocycles. The molecule has 2 bridgehead atoms. The van der Waals surface area contributed by atoms with E-state index in [0.29, 0.717) is 36.6 Å². The van der Waals surface area contributed by atoms with Gasteiger partial charge in [0.15, 0.2) is 24.2 Å². The molecule has 8 nitrogen and oxygen atoms in total. The highest BCUT2D eigenvalue weighted by Crippen LogP contribution is 2.64.